The van der Waals surface area contributed by atoms with E-state index in [0.29, 0.717) is 6.04 Å². The highest BCUT2D eigenvalue weighted by atomic mass is 15.1. The molecule has 24 heavy (non-hydrogen) atoms. The number of nitrogens with zero attached hydrogens (tertiary/aromatic N) is 3. The maximum atomic E-state index is 4.67. The highest BCUT2D eigenvalue weighted by molar-refractivity contribution is 5.48. The van der Waals surface area contributed by atoms with Crippen molar-refractivity contribution < 1.29 is 0 Å². The molecule has 0 bridgehead atoms. The third-order valence-electron chi connectivity index (χ3n) is 4.68. The van der Waals surface area contributed by atoms with Crippen LogP contribution in [0.3, 0.4) is 0 Å². The van der Waals surface area contributed by atoms with Crippen LogP contribution in [-0.4, -0.2) is 42.1 Å². The van der Waals surface area contributed by atoms with Gasteiger partial charge in [0.15, 0.2) is 0 Å². The number of aryl methyl sites for hydroxylation is 2. The Labute approximate surface area is 144 Å². The van der Waals surface area contributed by atoms with Crippen molar-refractivity contribution in [3.05, 3.63) is 52.5 Å². The summed E-state index contributed by atoms with van der Waals surface area (Å²) in [5.74, 6) is 1.83. The van der Waals surface area contributed by atoms with Crippen molar-refractivity contribution >= 4 is 5.82 Å². The summed E-state index contributed by atoms with van der Waals surface area (Å²) in [6.45, 7) is 6.79. The van der Waals surface area contributed by atoms with Gasteiger partial charge >= 0.3 is 0 Å². The van der Waals surface area contributed by atoms with E-state index in [1.54, 1.807) is 0 Å². The highest BCUT2D eigenvalue weighted by Gasteiger charge is 2.20. The van der Waals surface area contributed by atoms with Gasteiger partial charge in [-0.1, -0.05) is 24.3 Å². The van der Waals surface area contributed by atoms with Gasteiger partial charge in [-0.05, 0) is 52.0 Å². The van der Waals surface area contributed by atoms with E-state index in [2.05, 4.69) is 70.8 Å². The van der Waals surface area contributed by atoms with Crippen LogP contribution in [0.25, 0.3) is 0 Å². The van der Waals surface area contributed by atoms with Crippen molar-refractivity contribution in [1.82, 2.24) is 20.2 Å². The predicted octanol–water partition coefficient (Wildman–Crippen LogP) is 2.45. The Hall–Kier alpha value is -1.98. The highest BCUT2D eigenvalue weighted by Crippen LogP contribution is 2.24. The molecule has 0 aliphatic carbocycles. The molecule has 1 atom stereocenters. The number of hydrogen-bond acceptors (Lipinski definition) is 5. The number of hydrogen-bond donors (Lipinski definition) is 2. The lowest BCUT2D eigenvalue weighted by atomic mass is 10.00. The molecular formula is C19H27N5. The molecule has 0 saturated carbocycles. The Morgan fingerprint density at radius 1 is 1.21 bits per heavy atom. The number of fused-ring (bicyclic) bond motifs is 1. The molecular weight excluding hydrogens is 298 g/mol. The quantitative estimate of drug-likeness (QED) is 0.884. The van der Waals surface area contributed by atoms with E-state index in [0.717, 1.165) is 43.4 Å². The molecule has 1 aliphatic rings. The van der Waals surface area contributed by atoms with Crippen molar-refractivity contribution in [2.24, 2.45) is 0 Å². The van der Waals surface area contributed by atoms with Crippen LogP contribution in [-0.2, 0) is 13.0 Å². The van der Waals surface area contributed by atoms with E-state index < -0.39 is 0 Å². The lowest BCUT2D eigenvalue weighted by Crippen LogP contribution is -2.30. The van der Waals surface area contributed by atoms with Crippen molar-refractivity contribution in [1.29, 1.82) is 0 Å². The standard InChI is InChI=1S/C19H27N5/c1-13-7-5-6-8-15(13)18(24(3)4)12-21-19-16-9-10-20-11-17(16)22-14(2)23-19/h5-8,18,20H,9-12H2,1-4H3,(H,21,22,23)/t18-/m1/s1. The Kier molecular flexibility index (Phi) is 5.11. The largest absolute Gasteiger partial charge is 0.368 e. The first kappa shape index (κ1) is 16.9. The van der Waals surface area contributed by atoms with E-state index in [1.165, 1.54) is 16.7 Å². The van der Waals surface area contributed by atoms with Crippen LogP contribution in [0.4, 0.5) is 5.82 Å². The zero-order valence-corrected chi connectivity index (χ0v) is 15.1. The van der Waals surface area contributed by atoms with Crippen LogP contribution in [0.15, 0.2) is 24.3 Å². The molecule has 0 unspecified atom stereocenters. The van der Waals surface area contributed by atoms with E-state index in [-0.39, 0.29) is 0 Å². The second kappa shape index (κ2) is 7.28. The summed E-state index contributed by atoms with van der Waals surface area (Å²) in [5.41, 5.74) is 5.08. The van der Waals surface area contributed by atoms with Gasteiger partial charge in [-0.2, -0.15) is 0 Å². The summed E-state index contributed by atoms with van der Waals surface area (Å²) >= 11 is 0. The summed E-state index contributed by atoms with van der Waals surface area (Å²) < 4.78 is 0. The molecule has 0 saturated heterocycles. The van der Waals surface area contributed by atoms with Gasteiger partial charge < -0.3 is 15.5 Å². The third-order valence-corrected chi connectivity index (χ3v) is 4.68. The molecule has 1 aromatic heterocycles. The molecule has 0 fully saturated rings. The summed E-state index contributed by atoms with van der Waals surface area (Å²) in [6, 6.07) is 8.90. The number of anilines is 1. The second-order valence-corrected chi connectivity index (χ2v) is 6.69. The number of benzene rings is 1. The maximum absolute atomic E-state index is 4.67. The number of nitrogens with one attached hydrogen (secondary N) is 2. The van der Waals surface area contributed by atoms with E-state index in [4.69, 9.17) is 0 Å². The van der Waals surface area contributed by atoms with Crippen LogP contribution in [0.1, 0.15) is 34.3 Å². The Balaban J connectivity index is 1.83. The van der Waals surface area contributed by atoms with Crippen molar-refractivity contribution in [3.8, 4) is 0 Å². The first-order valence-corrected chi connectivity index (χ1v) is 8.59. The van der Waals surface area contributed by atoms with Crippen LogP contribution >= 0.6 is 0 Å². The van der Waals surface area contributed by atoms with Gasteiger partial charge in [0.25, 0.3) is 0 Å². The van der Waals surface area contributed by atoms with Gasteiger partial charge in [0.1, 0.15) is 11.6 Å². The molecule has 1 aromatic carbocycles. The van der Waals surface area contributed by atoms with E-state index in [9.17, 15) is 0 Å². The minimum atomic E-state index is 0.304. The fourth-order valence-electron chi connectivity index (χ4n) is 3.35. The van der Waals surface area contributed by atoms with Crippen molar-refractivity contribution in [2.45, 2.75) is 32.9 Å². The summed E-state index contributed by atoms with van der Waals surface area (Å²) in [5, 5.41) is 6.99. The predicted molar refractivity (Wildman–Crippen MR) is 98.3 cm³/mol. The second-order valence-electron chi connectivity index (χ2n) is 6.69. The van der Waals surface area contributed by atoms with Crippen LogP contribution in [0.2, 0.25) is 0 Å². The number of likely N-dealkylation sites (N-methyl/N-ethyl adjacent to an activating group) is 1. The van der Waals surface area contributed by atoms with Gasteiger partial charge in [0, 0.05) is 18.7 Å². The Bertz CT molecular complexity index is 711. The normalized spacial score (nSPS) is 15.2. The first-order chi connectivity index (χ1) is 11.6. The van der Waals surface area contributed by atoms with Gasteiger partial charge in [-0.3, -0.25) is 0 Å². The van der Waals surface area contributed by atoms with Gasteiger partial charge in [-0.25, -0.2) is 9.97 Å². The minimum absolute atomic E-state index is 0.304. The lowest BCUT2D eigenvalue weighted by molar-refractivity contribution is 0.310. The molecule has 3 rings (SSSR count). The summed E-state index contributed by atoms with van der Waals surface area (Å²) in [4.78, 5) is 11.5. The SMILES string of the molecule is Cc1nc2c(c(NC[C@H](c3ccccc3C)N(C)C)n1)CCNC2. The molecule has 2 heterocycles. The Morgan fingerprint density at radius 3 is 2.75 bits per heavy atom. The van der Waals surface area contributed by atoms with Gasteiger partial charge in [-0.15, -0.1) is 0 Å². The third kappa shape index (κ3) is 3.57. The molecule has 2 N–H and O–H groups in total. The lowest BCUT2D eigenvalue weighted by Gasteiger charge is -2.28. The van der Waals surface area contributed by atoms with Crippen molar-refractivity contribution in [2.75, 3.05) is 32.5 Å². The molecule has 0 spiro atoms. The summed E-state index contributed by atoms with van der Waals surface area (Å²) in [6.07, 6.45) is 0.981. The Morgan fingerprint density at radius 2 is 2.00 bits per heavy atom. The molecule has 128 valence electrons. The minimum Gasteiger partial charge on any atom is -0.368 e. The fourth-order valence-corrected chi connectivity index (χ4v) is 3.35. The fraction of sp³-hybridized carbons (Fsp3) is 0.474. The number of aromatic nitrogens is 2. The van der Waals surface area contributed by atoms with E-state index >= 15 is 0 Å². The van der Waals surface area contributed by atoms with Crippen LogP contribution in [0, 0.1) is 13.8 Å². The van der Waals surface area contributed by atoms with Crippen LogP contribution < -0.4 is 10.6 Å². The maximum Gasteiger partial charge on any atom is 0.133 e. The molecule has 2 aromatic rings. The van der Waals surface area contributed by atoms with Crippen LogP contribution in [0.5, 0.6) is 0 Å². The first-order valence-electron chi connectivity index (χ1n) is 8.59. The van der Waals surface area contributed by atoms with Gasteiger partial charge in [0.2, 0.25) is 0 Å². The molecule has 5 nitrogen and oxygen atoms in total. The average molecular weight is 325 g/mol. The molecule has 5 heteroatoms. The molecule has 0 amide bonds. The molecule has 0 radical (unpaired) electrons. The van der Waals surface area contributed by atoms with Gasteiger partial charge in [0.05, 0.1) is 11.7 Å². The topological polar surface area (TPSA) is 53.1 Å². The zero-order chi connectivity index (χ0) is 17.1. The average Bonchev–Trinajstić information content (AvgIpc) is 2.56. The van der Waals surface area contributed by atoms with Crippen molar-refractivity contribution in [3.63, 3.8) is 0 Å². The molecule has 1 aliphatic heterocycles. The van der Waals surface area contributed by atoms with E-state index in [1.807, 2.05) is 6.92 Å². The number of rotatable bonds is 5. The zero-order valence-electron chi connectivity index (χ0n) is 15.1. The summed E-state index contributed by atoms with van der Waals surface area (Å²) in [7, 11) is 4.26. The monoisotopic (exact) mass is 325 g/mol. The smallest absolute Gasteiger partial charge is 0.133 e.